The van der Waals surface area contributed by atoms with Gasteiger partial charge in [-0.2, -0.15) is 0 Å². The molecule has 2 amide bonds. The molecule has 0 fully saturated rings. The Balaban J connectivity index is 0.00000320. The van der Waals surface area contributed by atoms with Crippen LogP contribution in [0.25, 0.3) is 0 Å². The van der Waals surface area contributed by atoms with Crippen LogP contribution < -0.4 is 20.7 Å². The average Bonchev–Trinajstić information content (AvgIpc) is 2.73. The van der Waals surface area contributed by atoms with Gasteiger partial charge in [-0.3, -0.25) is 9.59 Å². The van der Waals surface area contributed by atoms with Crippen LogP contribution in [0.1, 0.15) is 35.3 Å². The minimum Gasteiger partial charge on any atom is -0.497 e. The van der Waals surface area contributed by atoms with E-state index < -0.39 is 17.8 Å². The average molecular weight is 436 g/mol. The van der Waals surface area contributed by atoms with Gasteiger partial charge in [0.25, 0.3) is 5.91 Å². The van der Waals surface area contributed by atoms with E-state index in [-0.39, 0.29) is 29.9 Å². The minimum absolute atomic E-state index is 0. The highest BCUT2D eigenvalue weighted by molar-refractivity contribution is 6.01. The molecule has 0 saturated carbocycles. The number of hydrogen-bond acceptors (Lipinski definition) is 4. The number of nitrogens with one attached hydrogen (secondary N) is 3. The molecule has 2 aromatic rings. The molecule has 1 unspecified atom stereocenters. The minimum atomic E-state index is -0.804. The first kappa shape index (κ1) is 23.6. The van der Waals surface area contributed by atoms with Crippen LogP contribution in [0.4, 0.5) is 10.1 Å². The highest BCUT2D eigenvalue weighted by Gasteiger charge is 2.26. The summed E-state index contributed by atoms with van der Waals surface area (Å²) in [7, 11) is 1.55. The number of amides is 2. The van der Waals surface area contributed by atoms with Crippen molar-refractivity contribution in [1.82, 2.24) is 10.6 Å². The molecule has 0 bridgehead atoms. The van der Waals surface area contributed by atoms with Gasteiger partial charge in [-0.1, -0.05) is 19.9 Å². The Bertz CT molecular complexity index is 903. The molecule has 2 aromatic carbocycles. The maximum atomic E-state index is 14.8. The lowest BCUT2D eigenvalue weighted by atomic mass is 9.99. The van der Waals surface area contributed by atoms with Crippen molar-refractivity contribution in [3.05, 3.63) is 58.9 Å². The van der Waals surface area contributed by atoms with Crippen molar-refractivity contribution in [1.29, 1.82) is 0 Å². The summed E-state index contributed by atoms with van der Waals surface area (Å²) in [6, 6.07) is 9.19. The van der Waals surface area contributed by atoms with Gasteiger partial charge >= 0.3 is 0 Å². The number of rotatable bonds is 6. The Labute approximate surface area is 182 Å². The maximum absolute atomic E-state index is 14.8. The van der Waals surface area contributed by atoms with Crippen molar-refractivity contribution in [2.45, 2.75) is 32.9 Å². The van der Waals surface area contributed by atoms with E-state index in [1.54, 1.807) is 37.4 Å². The first-order valence-electron chi connectivity index (χ1n) is 9.67. The van der Waals surface area contributed by atoms with E-state index in [2.05, 4.69) is 16.0 Å². The fourth-order valence-corrected chi connectivity index (χ4v) is 3.34. The van der Waals surface area contributed by atoms with E-state index in [0.29, 0.717) is 36.4 Å². The molecule has 1 aliphatic rings. The number of hydrogen-bond donors (Lipinski definition) is 3. The van der Waals surface area contributed by atoms with Gasteiger partial charge in [0.2, 0.25) is 5.91 Å². The number of methoxy groups -OCH3 is 1. The van der Waals surface area contributed by atoms with Crippen LogP contribution in [-0.2, 0) is 17.8 Å². The van der Waals surface area contributed by atoms with Crippen molar-refractivity contribution < 1.29 is 18.7 Å². The Morgan fingerprint density at radius 3 is 2.47 bits per heavy atom. The highest BCUT2D eigenvalue weighted by atomic mass is 35.5. The van der Waals surface area contributed by atoms with Crippen LogP contribution >= 0.6 is 12.4 Å². The molecule has 3 N–H and O–H groups in total. The Kier molecular flexibility index (Phi) is 8.20. The van der Waals surface area contributed by atoms with Crippen LogP contribution in [0.15, 0.2) is 36.4 Å². The van der Waals surface area contributed by atoms with Gasteiger partial charge < -0.3 is 20.7 Å². The second-order valence-corrected chi connectivity index (χ2v) is 7.40. The Hall–Kier alpha value is -2.64. The van der Waals surface area contributed by atoms with E-state index >= 15 is 0 Å². The van der Waals surface area contributed by atoms with Crippen molar-refractivity contribution in [3.8, 4) is 5.75 Å². The zero-order valence-electron chi connectivity index (χ0n) is 17.3. The molecule has 8 heteroatoms. The summed E-state index contributed by atoms with van der Waals surface area (Å²) in [4.78, 5) is 25.4. The van der Waals surface area contributed by atoms with E-state index in [1.165, 1.54) is 0 Å². The van der Waals surface area contributed by atoms with Crippen molar-refractivity contribution in [2.24, 2.45) is 5.92 Å². The van der Waals surface area contributed by atoms with Crippen LogP contribution in [0.3, 0.4) is 0 Å². The molecule has 1 heterocycles. The van der Waals surface area contributed by atoms with Gasteiger partial charge in [-0.15, -0.1) is 12.4 Å². The second-order valence-electron chi connectivity index (χ2n) is 7.40. The number of carbonyl (C=O) groups excluding carboxylic acids is 2. The summed E-state index contributed by atoms with van der Waals surface area (Å²) in [6.45, 7) is 4.97. The number of carbonyl (C=O) groups is 2. The first-order valence-corrected chi connectivity index (χ1v) is 9.67. The van der Waals surface area contributed by atoms with E-state index in [9.17, 15) is 14.0 Å². The topological polar surface area (TPSA) is 79.5 Å². The SMILES string of the molecule is COc1ccc(C(=O)NC(C(=O)Nc2ccc3c(c2F)CCNC3)C(C)C)cc1.Cl. The van der Waals surface area contributed by atoms with Gasteiger partial charge in [-0.25, -0.2) is 4.39 Å². The van der Waals surface area contributed by atoms with E-state index in [0.717, 1.165) is 5.56 Å². The third-order valence-corrected chi connectivity index (χ3v) is 5.05. The molecular formula is C22H27ClFN3O3. The highest BCUT2D eigenvalue weighted by Crippen LogP contribution is 2.25. The normalized spacial score (nSPS) is 13.6. The molecular weight excluding hydrogens is 409 g/mol. The lowest BCUT2D eigenvalue weighted by Crippen LogP contribution is -2.47. The second kappa shape index (κ2) is 10.4. The molecule has 30 heavy (non-hydrogen) atoms. The Morgan fingerprint density at radius 1 is 1.13 bits per heavy atom. The molecule has 162 valence electrons. The van der Waals surface area contributed by atoms with Crippen LogP contribution in [0.5, 0.6) is 5.75 Å². The zero-order valence-corrected chi connectivity index (χ0v) is 18.1. The largest absolute Gasteiger partial charge is 0.497 e. The van der Waals surface area contributed by atoms with Gasteiger partial charge in [-0.05, 0) is 60.3 Å². The molecule has 3 rings (SSSR count). The van der Waals surface area contributed by atoms with Crippen LogP contribution in [0.2, 0.25) is 0 Å². The monoisotopic (exact) mass is 435 g/mol. The summed E-state index contributed by atoms with van der Waals surface area (Å²) in [5, 5.41) is 8.59. The number of anilines is 1. The van der Waals surface area contributed by atoms with Crippen molar-refractivity contribution in [3.63, 3.8) is 0 Å². The maximum Gasteiger partial charge on any atom is 0.251 e. The lowest BCUT2D eigenvalue weighted by Gasteiger charge is -2.23. The fourth-order valence-electron chi connectivity index (χ4n) is 3.34. The summed E-state index contributed by atoms with van der Waals surface area (Å²) in [5.41, 5.74) is 2.08. The molecule has 1 aliphatic heterocycles. The van der Waals surface area contributed by atoms with Gasteiger partial charge in [0.1, 0.15) is 17.6 Å². The van der Waals surface area contributed by atoms with Crippen molar-refractivity contribution >= 4 is 29.9 Å². The predicted octanol–water partition coefficient (Wildman–Crippen LogP) is 3.29. The number of ether oxygens (including phenoxy) is 1. The number of fused-ring (bicyclic) bond motifs is 1. The zero-order chi connectivity index (χ0) is 21.0. The molecule has 0 spiro atoms. The quantitative estimate of drug-likeness (QED) is 0.650. The molecule has 6 nitrogen and oxygen atoms in total. The summed E-state index contributed by atoms with van der Waals surface area (Å²) < 4.78 is 19.9. The number of benzene rings is 2. The van der Waals surface area contributed by atoms with Gasteiger partial charge in [0, 0.05) is 12.1 Å². The molecule has 0 aromatic heterocycles. The third-order valence-electron chi connectivity index (χ3n) is 5.05. The van der Waals surface area contributed by atoms with Crippen LogP contribution in [-0.4, -0.2) is 31.5 Å². The fraction of sp³-hybridized carbons (Fsp3) is 0.364. The first-order chi connectivity index (χ1) is 13.9. The predicted molar refractivity (Wildman–Crippen MR) is 117 cm³/mol. The molecule has 0 saturated heterocycles. The smallest absolute Gasteiger partial charge is 0.251 e. The Morgan fingerprint density at radius 2 is 1.83 bits per heavy atom. The molecule has 1 atom stereocenters. The molecule has 0 radical (unpaired) electrons. The van der Waals surface area contributed by atoms with Crippen molar-refractivity contribution in [2.75, 3.05) is 19.0 Å². The third kappa shape index (κ3) is 5.29. The molecule has 0 aliphatic carbocycles. The number of halogens is 2. The van der Waals surface area contributed by atoms with Gasteiger partial charge in [0.15, 0.2) is 0 Å². The van der Waals surface area contributed by atoms with E-state index in [1.807, 2.05) is 19.9 Å². The summed E-state index contributed by atoms with van der Waals surface area (Å²) in [5.74, 6) is -0.769. The van der Waals surface area contributed by atoms with Crippen LogP contribution in [0, 0.1) is 11.7 Å². The lowest BCUT2D eigenvalue weighted by molar-refractivity contribution is -0.118. The summed E-state index contributed by atoms with van der Waals surface area (Å²) >= 11 is 0. The van der Waals surface area contributed by atoms with Gasteiger partial charge in [0.05, 0.1) is 12.8 Å². The summed E-state index contributed by atoms with van der Waals surface area (Å²) in [6.07, 6.45) is 0.576. The van der Waals surface area contributed by atoms with E-state index in [4.69, 9.17) is 4.74 Å². The standard InChI is InChI=1S/C22H26FN3O3.ClH/c1-13(2)20(26-21(27)14-4-7-16(29-3)8-5-14)22(28)25-18-9-6-15-12-24-11-10-17(15)19(18)23;/h4-9,13,20,24H,10-12H2,1-3H3,(H,25,28)(H,26,27);1H.